The lowest BCUT2D eigenvalue weighted by atomic mass is 9.97. The predicted octanol–water partition coefficient (Wildman–Crippen LogP) is 4.70. The van der Waals surface area contributed by atoms with Crippen molar-refractivity contribution in [3.05, 3.63) is 89.0 Å². The van der Waals surface area contributed by atoms with Crippen molar-refractivity contribution in [3.63, 3.8) is 0 Å². The van der Waals surface area contributed by atoms with Crippen molar-refractivity contribution >= 4 is 41.2 Å². The van der Waals surface area contributed by atoms with Crippen molar-refractivity contribution in [1.29, 1.82) is 0 Å². The monoisotopic (exact) mass is 532 g/mol. The average molecular weight is 533 g/mol. The van der Waals surface area contributed by atoms with E-state index >= 15 is 0 Å². The van der Waals surface area contributed by atoms with Gasteiger partial charge in [0, 0.05) is 35.5 Å². The number of nitrogens with one attached hydrogen (secondary N) is 2. The molecule has 0 unspecified atom stereocenters. The Bertz CT molecular complexity index is 1500. The molecule has 0 aromatic heterocycles. The van der Waals surface area contributed by atoms with E-state index < -0.39 is 5.91 Å². The highest BCUT2D eigenvalue weighted by Crippen LogP contribution is 2.22. The van der Waals surface area contributed by atoms with Crippen LogP contribution >= 0.6 is 0 Å². The maximum Gasteiger partial charge on any atom is 0.308 e. The van der Waals surface area contributed by atoms with E-state index in [1.54, 1.807) is 73.1 Å². The number of esters is 1. The van der Waals surface area contributed by atoms with Crippen LogP contribution in [0, 0.1) is 30.6 Å². The first-order valence-electron chi connectivity index (χ1n) is 12.7. The van der Waals surface area contributed by atoms with Gasteiger partial charge in [-0.3, -0.25) is 14.4 Å². The molecule has 8 heteroatoms. The third kappa shape index (κ3) is 6.94. The van der Waals surface area contributed by atoms with E-state index in [9.17, 15) is 14.4 Å². The number of carbonyl (C=O) groups excluding carboxylic acids is 3. The van der Waals surface area contributed by atoms with Crippen molar-refractivity contribution < 1.29 is 19.1 Å². The molecule has 1 aliphatic rings. The number of carbonyl (C=O) groups is 3. The van der Waals surface area contributed by atoms with Crippen LogP contribution in [0.15, 0.2) is 71.7 Å². The van der Waals surface area contributed by atoms with E-state index in [0.717, 1.165) is 12.8 Å². The van der Waals surface area contributed by atoms with Gasteiger partial charge in [0.25, 0.3) is 11.8 Å². The number of piperidine rings is 1. The molecular formula is C32H28N4O4. The van der Waals surface area contributed by atoms with Crippen LogP contribution in [0.25, 0.3) is 0 Å². The Balaban J connectivity index is 1.41. The molecule has 1 heterocycles. The quantitative estimate of drug-likeness (QED) is 0.199. The van der Waals surface area contributed by atoms with Gasteiger partial charge in [-0.25, -0.2) is 4.99 Å². The summed E-state index contributed by atoms with van der Waals surface area (Å²) in [6, 6.07) is 18.4. The lowest BCUT2D eigenvalue weighted by Crippen LogP contribution is -2.35. The fraction of sp³-hybridized carbons (Fsp3) is 0.188. The van der Waals surface area contributed by atoms with Gasteiger partial charge >= 0.3 is 5.97 Å². The van der Waals surface area contributed by atoms with Crippen LogP contribution in [-0.4, -0.2) is 49.2 Å². The van der Waals surface area contributed by atoms with E-state index in [2.05, 4.69) is 32.4 Å². The van der Waals surface area contributed by atoms with Crippen LogP contribution in [0.5, 0.6) is 0 Å². The highest BCUT2D eigenvalue weighted by Gasteiger charge is 2.24. The number of hydrogen-bond acceptors (Lipinski definition) is 5. The SMILES string of the molecule is C#Cc1ccc(NC(=O)c2cc(C#C)ccc2NC(=O)c2ccc(N=CN3CCC(C(=O)OC)CC3)cc2)cc1. The van der Waals surface area contributed by atoms with Gasteiger partial charge < -0.3 is 20.3 Å². The summed E-state index contributed by atoms with van der Waals surface area (Å²) in [4.78, 5) is 44.3. The fourth-order valence-electron chi connectivity index (χ4n) is 4.24. The van der Waals surface area contributed by atoms with Crippen LogP contribution in [0.3, 0.4) is 0 Å². The average Bonchev–Trinajstić information content (AvgIpc) is 3.00. The van der Waals surface area contributed by atoms with E-state index in [1.165, 1.54) is 7.11 Å². The molecule has 1 aliphatic heterocycles. The molecule has 1 saturated heterocycles. The Morgan fingerprint density at radius 1 is 0.900 bits per heavy atom. The Hall–Kier alpha value is -5.34. The summed E-state index contributed by atoms with van der Waals surface area (Å²) in [7, 11) is 1.41. The summed E-state index contributed by atoms with van der Waals surface area (Å²) in [5, 5.41) is 5.61. The molecule has 4 rings (SSSR count). The Morgan fingerprint density at radius 2 is 1.55 bits per heavy atom. The number of likely N-dealkylation sites (tertiary alicyclic amines) is 1. The molecule has 2 amide bonds. The van der Waals surface area contributed by atoms with Crippen LogP contribution in [0.4, 0.5) is 17.1 Å². The smallest absolute Gasteiger partial charge is 0.308 e. The molecule has 0 atom stereocenters. The predicted molar refractivity (Wildman–Crippen MR) is 156 cm³/mol. The first-order valence-corrected chi connectivity index (χ1v) is 12.7. The van der Waals surface area contributed by atoms with Gasteiger partial charge in [-0.2, -0.15) is 0 Å². The molecule has 200 valence electrons. The second-order valence-electron chi connectivity index (χ2n) is 9.16. The molecule has 3 aromatic carbocycles. The maximum atomic E-state index is 13.1. The standard InChI is InChI=1S/C32H28N4O4/c1-4-22-6-11-27(12-7-22)34-31(38)28-20-23(5-2)8-15-29(28)35-30(37)24-9-13-26(14-10-24)33-21-36-18-16-25(17-19-36)32(39)40-3/h1-2,6-15,20-21,25H,16-19H2,3H3,(H,34,38)(H,35,37). The number of benzene rings is 3. The van der Waals surface area contributed by atoms with Crippen molar-refractivity contribution in [1.82, 2.24) is 4.90 Å². The van der Waals surface area contributed by atoms with Gasteiger partial charge in [-0.05, 0) is 79.6 Å². The molecule has 0 saturated carbocycles. The lowest BCUT2D eigenvalue weighted by molar-refractivity contribution is -0.146. The molecule has 0 aliphatic carbocycles. The fourth-order valence-corrected chi connectivity index (χ4v) is 4.24. The zero-order valence-corrected chi connectivity index (χ0v) is 22.0. The number of rotatable bonds is 7. The van der Waals surface area contributed by atoms with Gasteiger partial charge in [0.05, 0.1) is 36.3 Å². The zero-order chi connectivity index (χ0) is 28.5. The molecule has 40 heavy (non-hydrogen) atoms. The van der Waals surface area contributed by atoms with Gasteiger partial charge in [0.1, 0.15) is 0 Å². The van der Waals surface area contributed by atoms with Gasteiger partial charge in [0.2, 0.25) is 0 Å². The van der Waals surface area contributed by atoms with E-state index in [4.69, 9.17) is 17.6 Å². The summed E-state index contributed by atoms with van der Waals surface area (Å²) in [6.07, 6.45) is 14.1. The summed E-state index contributed by atoms with van der Waals surface area (Å²) in [6.45, 7) is 1.43. The minimum Gasteiger partial charge on any atom is -0.469 e. The third-order valence-corrected chi connectivity index (χ3v) is 6.55. The molecular weight excluding hydrogens is 504 g/mol. The topological polar surface area (TPSA) is 100 Å². The largest absolute Gasteiger partial charge is 0.469 e. The summed E-state index contributed by atoms with van der Waals surface area (Å²) in [5.41, 5.74) is 3.37. The molecule has 8 nitrogen and oxygen atoms in total. The lowest BCUT2D eigenvalue weighted by Gasteiger charge is -2.28. The number of aliphatic imine (C=N–C) groups is 1. The van der Waals surface area contributed by atoms with Crippen molar-refractivity contribution in [3.8, 4) is 24.7 Å². The first kappa shape index (κ1) is 27.7. The highest BCUT2D eigenvalue weighted by molar-refractivity contribution is 6.12. The van der Waals surface area contributed by atoms with Crippen molar-refractivity contribution in [2.45, 2.75) is 12.8 Å². The number of amides is 2. The second kappa shape index (κ2) is 12.9. The Kier molecular flexibility index (Phi) is 8.96. The van der Waals surface area contributed by atoms with E-state index in [0.29, 0.717) is 46.8 Å². The Morgan fingerprint density at radius 3 is 2.17 bits per heavy atom. The summed E-state index contributed by atoms with van der Waals surface area (Å²) in [5.74, 6) is 3.99. The van der Waals surface area contributed by atoms with Crippen LogP contribution in [-0.2, 0) is 9.53 Å². The second-order valence-corrected chi connectivity index (χ2v) is 9.16. The molecule has 0 bridgehead atoms. The van der Waals surface area contributed by atoms with E-state index in [-0.39, 0.29) is 23.4 Å². The number of anilines is 2. The normalized spacial score (nSPS) is 13.2. The highest BCUT2D eigenvalue weighted by atomic mass is 16.5. The summed E-state index contributed by atoms with van der Waals surface area (Å²) < 4.78 is 4.83. The summed E-state index contributed by atoms with van der Waals surface area (Å²) >= 11 is 0. The number of nitrogens with zero attached hydrogens (tertiary/aromatic N) is 2. The van der Waals surface area contributed by atoms with Crippen LogP contribution in [0.2, 0.25) is 0 Å². The molecule has 2 N–H and O–H groups in total. The molecule has 0 radical (unpaired) electrons. The van der Waals surface area contributed by atoms with Crippen LogP contribution < -0.4 is 10.6 Å². The Labute approximate surface area is 233 Å². The zero-order valence-electron chi connectivity index (χ0n) is 22.0. The number of hydrogen-bond donors (Lipinski definition) is 2. The number of terminal acetylenes is 2. The van der Waals surface area contributed by atoms with E-state index in [1.807, 2.05) is 0 Å². The number of ether oxygens (including phenoxy) is 1. The van der Waals surface area contributed by atoms with Crippen molar-refractivity contribution in [2.24, 2.45) is 10.9 Å². The van der Waals surface area contributed by atoms with Gasteiger partial charge in [-0.15, -0.1) is 12.8 Å². The first-order chi connectivity index (χ1) is 19.4. The molecule has 3 aromatic rings. The van der Waals surface area contributed by atoms with Gasteiger partial charge in [-0.1, -0.05) is 11.8 Å². The number of methoxy groups -OCH3 is 1. The third-order valence-electron chi connectivity index (χ3n) is 6.55. The van der Waals surface area contributed by atoms with Crippen LogP contribution in [0.1, 0.15) is 44.7 Å². The molecule has 1 fully saturated rings. The minimum atomic E-state index is -0.429. The molecule has 0 spiro atoms. The maximum absolute atomic E-state index is 13.1. The van der Waals surface area contributed by atoms with Gasteiger partial charge in [0.15, 0.2) is 0 Å². The minimum absolute atomic E-state index is 0.0674. The van der Waals surface area contributed by atoms with Crippen molar-refractivity contribution in [2.75, 3.05) is 30.8 Å².